The molecule has 0 unspecified atom stereocenters. The van der Waals surface area contributed by atoms with Gasteiger partial charge in [0.05, 0.1) is 12.8 Å². The number of esters is 2. The van der Waals surface area contributed by atoms with Crippen LogP contribution in [0.5, 0.6) is 0 Å². The van der Waals surface area contributed by atoms with Crippen LogP contribution in [0.4, 0.5) is 0 Å². The summed E-state index contributed by atoms with van der Waals surface area (Å²) >= 11 is 0. The second kappa shape index (κ2) is 22.9. The molecule has 0 saturated carbocycles. The Morgan fingerprint density at radius 2 is 0.964 bits per heavy atom. The van der Waals surface area contributed by atoms with Gasteiger partial charge in [-0.15, -0.1) is 0 Å². The van der Waals surface area contributed by atoms with Gasteiger partial charge in [0.2, 0.25) is 0 Å². The molecule has 0 spiro atoms. The van der Waals surface area contributed by atoms with E-state index in [4.69, 9.17) is 5.11 Å². The molecule has 0 saturated heterocycles. The van der Waals surface area contributed by atoms with E-state index in [2.05, 4.69) is 11.7 Å². The number of rotatable bonds is 19. The average molecular weight is 409 g/mol. The van der Waals surface area contributed by atoms with Crippen molar-refractivity contribution < 1.29 is 55.2 Å². The third-order valence-corrected chi connectivity index (χ3v) is 4.76. The summed E-state index contributed by atoms with van der Waals surface area (Å²) in [5.74, 6) is -2.36. The van der Waals surface area contributed by atoms with Crippen molar-refractivity contribution in [2.45, 2.75) is 122 Å². The fourth-order valence-corrected chi connectivity index (χ4v) is 3.08. The Kier molecular flexibility index (Phi) is 24.4. The van der Waals surface area contributed by atoms with Gasteiger partial charge >= 0.3 is 47.5 Å². The number of carbonyl (C=O) groups is 3. The number of ether oxygens (including phenoxy) is 1. The van der Waals surface area contributed by atoms with E-state index in [0.29, 0.717) is 0 Å². The molecule has 0 aliphatic carbocycles. The van der Waals surface area contributed by atoms with E-state index in [9.17, 15) is 14.4 Å². The minimum atomic E-state index is -1.07. The normalized spacial score (nSPS) is 10.3. The van der Waals surface area contributed by atoms with E-state index < -0.39 is 17.9 Å². The van der Waals surface area contributed by atoms with E-state index in [-0.39, 0.29) is 50.2 Å². The van der Waals surface area contributed by atoms with Crippen molar-refractivity contribution in [2.75, 3.05) is 0 Å². The van der Waals surface area contributed by atoms with Crippen LogP contribution in [0.25, 0.3) is 0 Å². The van der Waals surface area contributed by atoms with Crippen molar-refractivity contribution in [3.05, 3.63) is 0 Å². The maximum absolute atomic E-state index is 11.4. The Morgan fingerprint density at radius 1 is 0.607 bits per heavy atom. The Labute approximate surface area is 195 Å². The molecule has 28 heavy (non-hydrogen) atoms. The van der Waals surface area contributed by atoms with Crippen molar-refractivity contribution >= 4 is 17.9 Å². The number of hydrogen-bond acceptors (Lipinski definition) is 4. The Balaban J connectivity index is -0.00000338. The van der Waals surface area contributed by atoms with Crippen molar-refractivity contribution in [2.24, 2.45) is 0 Å². The second-order valence-corrected chi connectivity index (χ2v) is 7.44. The van der Waals surface area contributed by atoms with Gasteiger partial charge in [0.25, 0.3) is 0 Å². The quantitative estimate of drug-likeness (QED) is 0.153. The molecule has 0 aliphatic rings. The van der Waals surface area contributed by atoms with Crippen molar-refractivity contribution in [1.29, 1.82) is 0 Å². The van der Waals surface area contributed by atoms with Crippen LogP contribution in [0.1, 0.15) is 124 Å². The number of hydrogen-bond donors (Lipinski definition) is 1. The number of carboxylic acid groups (broad SMARTS) is 1. The van der Waals surface area contributed by atoms with Crippen LogP contribution in [0, 0.1) is 0 Å². The first kappa shape index (κ1) is 29.8. The van der Waals surface area contributed by atoms with E-state index in [1.807, 2.05) is 0 Å². The predicted molar refractivity (Wildman–Crippen MR) is 109 cm³/mol. The maximum Gasteiger partial charge on any atom is 1.00 e. The molecular weight excluding hydrogens is 367 g/mol. The van der Waals surface area contributed by atoms with Crippen LogP contribution in [-0.4, -0.2) is 23.0 Å². The first-order chi connectivity index (χ1) is 13.1. The predicted octanol–water partition coefficient (Wildman–Crippen LogP) is 3.30. The molecule has 0 bridgehead atoms. The van der Waals surface area contributed by atoms with Crippen molar-refractivity contribution in [3.63, 3.8) is 0 Å². The van der Waals surface area contributed by atoms with Crippen molar-refractivity contribution in [1.82, 2.24) is 0 Å². The molecule has 0 rings (SSSR count). The maximum atomic E-state index is 11.4. The fourth-order valence-electron chi connectivity index (χ4n) is 3.08. The summed E-state index contributed by atoms with van der Waals surface area (Å²) < 4.78 is 4.58. The Morgan fingerprint density at radius 3 is 1.36 bits per heavy atom. The standard InChI is InChI=1S/C22H40O5.Na.H/c1-2-3-4-5-6-7-8-9-10-11-12-13-14-15-16-17-21(25)27-22(26)19-18-20(23)24;;/h2-19H2,1H3,(H,23,24);;/q;+1;-1. The molecular formula is C22H41NaO5. The van der Waals surface area contributed by atoms with Gasteiger partial charge in [0, 0.05) is 6.42 Å². The van der Waals surface area contributed by atoms with Gasteiger partial charge < -0.3 is 11.3 Å². The topological polar surface area (TPSA) is 80.7 Å². The van der Waals surface area contributed by atoms with E-state index in [1.165, 1.54) is 77.0 Å². The molecule has 5 nitrogen and oxygen atoms in total. The average Bonchev–Trinajstić information content (AvgIpc) is 2.63. The zero-order valence-corrected chi connectivity index (χ0v) is 20.3. The second-order valence-electron chi connectivity index (χ2n) is 7.44. The number of unbranched alkanes of at least 4 members (excludes halogenated alkanes) is 14. The fraction of sp³-hybridized carbons (Fsp3) is 0.864. The first-order valence-electron chi connectivity index (χ1n) is 11.0. The molecule has 1 N–H and O–H groups in total. The molecule has 0 aliphatic heterocycles. The summed E-state index contributed by atoms with van der Waals surface area (Å²) in [4.78, 5) is 33.0. The van der Waals surface area contributed by atoms with Gasteiger partial charge in [0.1, 0.15) is 0 Å². The third kappa shape index (κ3) is 23.6. The number of carbonyl (C=O) groups excluding carboxylic acids is 2. The molecule has 0 amide bonds. The molecule has 0 aromatic carbocycles. The van der Waals surface area contributed by atoms with Gasteiger partial charge in [-0.25, -0.2) is 0 Å². The molecule has 0 atom stereocenters. The molecule has 160 valence electrons. The summed E-state index contributed by atoms with van der Waals surface area (Å²) in [7, 11) is 0. The van der Waals surface area contributed by atoms with Crippen molar-refractivity contribution in [3.8, 4) is 0 Å². The molecule has 0 radical (unpaired) electrons. The molecule has 0 heterocycles. The summed E-state index contributed by atoms with van der Waals surface area (Å²) in [6.45, 7) is 2.25. The van der Waals surface area contributed by atoms with Gasteiger partial charge in [0.15, 0.2) is 0 Å². The summed E-state index contributed by atoms with van der Waals surface area (Å²) in [6.07, 6.45) is 18.6. The molecule has 0 aromatic rings. The van der Waals surface area contributed by atoms with Gasteiger partial charge in [-0.3, -0.25) is 14.4 Å². The number of carboxylic acids is 1. The Bertz CT molecular complexity index is 405. The molecule has 6 heteroatoms. The van der Waals surface area contributed by atoms with Crippen LogP contribution < -0.4 is 29.6 Å². The van der Waals surface area contributed by atoms with Crippen LogP contribution in [0.15, 0.2) is 0 Å². The molecule has 0 fully saturated rings. The zero-order chi connectivity index (χ0) is 20.2. The minimum Gasteiger partial charge on any atom is -1.00 e. The van der Waals surface area contributed by atoms with E-state index in [1.54, 1.807) is 0 Å². The largest absolute Gasteiger partial charge is 1.00 e. The van der Waals surface area contributed by atoms with Crippen LogP contribution in [-0.2, 0) is 19.1 Å². The van der Waals surface area contributed by atoms with E-state index in [0.717, 1.165) is 19.3 Å². The monoisotopic (exact) mass is 408 g/mol. The first-order valence-corrected chi connectivity index (χ1v) is 11.0. The molecule has 0 aromatic heterocycles. The van der Waals surface area contributed by atoms with Gasteiger partial charge in [-0.2, -0.15) is 0 Å². The van der Waals surface area contributed by atoms with Gasteiger partial charge in [-0.1, -0.05) is 96.8 Å². The minimum absolute atomic E-state index is 0. The SMILES string of the molecule is CCCCCCCCCCCCCCCCCC(=O)OC(=O)CCC(=O)O.[H-].[Na+]. The summed E-state index contributed by atoms with van der Waals surface area (Å²) in [6, 6.07) is 0. The van der Waals surface area contributed by atoms with Crippen LogP contribution >= 0.6 is 0 Å². The smallest absolute Gasteiger partial charge is 1.00 e. The summed E-state index contributed by atoms with van der Waals surface area (Å²) in [5.41, 5.74) is 0. The summed E-state index contributed by atoms with van der Waals surface area (Å²) in [5, 5.41) is 8.46. The van der Waals surface area contributed by atoms with Gasteiger partial charge in [-0.05, 0) is 6.42 Å². The Hall–Kier alpha value is -0.390. The number of aliphatic carboxylic acids is 1. The third-order valence-electron chi connectivity index (χ3n) is 4.76. The van der Waals surface area contributed by atoms with Crippen LogP contribution in [0.2, 0.25) is 0 Å². The zero-order valence-electron chi connectivity index (χ0n) is 19.3. The van der Waals surface area contributed by atoms with Crippen LogP contribution in [0.3, 0.4) is 0 Å². The van der Waals surface area contributed by atoms with E-state index >= 15 is 0 Å².